The van der Waals surface area contributed by atoms with E-state index in [0.29, 0.717) is 48.8 Å². The van der Waals surface area contributed by atoms with Crippen molar-refractivity contribution in [1.82, 2.24) is 15.0 Å². The molecule has 0 aliphatic carbocycles. The Bertz CT molecular complexity index is 1200. The Balaban J connectivity index is 1.62. The second-order valence-electron chi connectivity index (χ2n) is 7.74. The van der Waals surface area contributed by atoms with E-state index in [1.807, 2.05) is 30.9 Å². The average molecular weight is 484 g/mol. The van der Waals surface area contributed by atoms with Crippen LogP contribution in [0.25, 0.3) is 0 Å². The van der Waals surface area contributed by atoms with E-state index in [-0.39, 0.29) is 17.4 Å². The number of hydrogen-bond acceptors (Lipinski definition) is 10. The van der Waals surface area contributed by atoms with E-state index in [1.54, 1.807) is 6.07 Å². The second-order valence-corrected chi connectivity index (χ2v) is 8.18. The Kier molecular flexibility index (Phi) is 7.29. The van der Waals surface area contributed by atoms with Crippen LogP contribution in [0.3, 0.4) is 0 Å². The van der Waals surface area contributed by atoms with Gasteiger partial charge in [-0.2, -0.15) is 20.1 Å². The van der Waals surface area contributed by atoms with Crippen LogP contribution < -0.4 is 20.4 Å². The normalized spacial score (nSPS) is 13.8. The highest BCUT2D eigenvalue weighted by Crippen LogP contribution is 2.32. The number of phenols is 1. The summed E-state index contributed by atoms with van der Waals surface area (Å²) in [5, 5.41) is 18.2. The predicted octanol–water partition coefficient (Wildman–Crippen LogP) is 3.88. The molecule has 178 valence electrons. The molecule has 11 heteroatoms. The van der Waals surface area contributed by atoms with E-state index in [2.05, 4.69) is 36.9 Å². The SMILES string of the molecule is COc1cc(Cl)cc(/C=N/Nc2nc(Nc3cc(C)ccc3C)nc(N3CCOCC3)n2)c1O. The summed E-state index contributed by atoms with van der Waals surface area (Å²) in [6, 6.07) is 9.22. The highest BCUT2D eigenvalue weighted by Gasteiger charge is 2.17. The molecule has 34 heavy (non-hydrogen) atoms. The van der Waals surface area contributed by atoms with Crippen LogP contribution in [0.15, 0.2) is 35.4 Å². The number of phenolic OH excluding ortho intramolecular Hbond substituents is 1. The molecule has 0 radical (unpaired) electrons. The summed E-state index contributed by atoms with van der Waals surface area (Å²) in [4.78, 5) is 15.6. The molecule has 0 saturated carbocycles. The fourth-order valence-corrected chi connectivity index (χ4v) is 3.59. The Morgan fingerprint density at radius 1 is 1.12 bits per heavy atom. The van der Waals surface area contributed by atoms with Gasteiger partial charge in [0.25, 0.3) is 0 Å². The van der Waals surface area contributed by atoms with Gasteiger partial charge in [-0.3, -0.25) is 0 Å². The van der Waals surface area contributed by atoms with E-state index in [1.165, 1.54) is 19.4 Å². The smallest absolute Gasteiger partial charge is 0.250 e. The maximum absolute atomic E-state index is 10.3. The maximum Gasteiger partial charge on any atom is 0.250 e. The Morgan fingerprint density at radius 3 is 2.65 bits per heavy atom. The van der Waals surface area contributed by atoms with Crippen molar-refractivity contribution < 1.29 is 14.6 Å². The second kappa shape index (κ2) is 10.5. The fraction of sp³-hybridized carbons (Fsp3) is 0.304. The third kappa shape index (κ3) is 5.64. The van der Waals surface area contributed by atoms with Gasteiger partial charge in [0.2, 0.25) is 17.8 Å². The molecule has 0 spiro atoms. The lowest BCUT2D eigenvalue weighted by Gasteiger charge is -2.27. The van der Waals surface area contributed by atoms with Gasteiger partial charge in [0.15, 0.2) is 11.5 Å². The Labute approximate surface area is 202 Å². The summed E-state index contributed by atoms with van der Waals surface area (Å²) in [7, 11) is 1.45. The van der Waals surface area contributed by atoms with E-state index >= 15 is 0 Å². The number of anilines is 4. The van der Waals surface area contributed by atoms with Crippen LogP contribution in [0, 0.1) is 13.8 Å². The molecule has 10 nitrogen and oxygen atoms in total. The molecule has 1 fully saturated rings. The van der Waals surface area contributed by atoms with Gasteiger partial charge in [0, 0.05) is 35.4 Å². The number of morpholine rings is 1. The van der Waals surface area contributed by atoms with Crippen molar-refractivity contribution in [1.29, 1.82) is 0 Å². The molecule has 2 aromatic carbocycles. The van der Waals surface area contributed by atoms with Crippen LogP contribution in [-0.2, 0) is 4.74 Å². The van der Waals surface area contributed by atoms with Crippen molar-refractivity contribution in [2.75, 3.05) is 49.1 Å². The molecule has 1 aliphatic heterocycles. The molecular weight excluding hydrogens is 458 g/mol. The Morgan fingerprint density at radius 2 is 1.88 bits per heavy atom. The summed E-state index contributed by atoms with van der Waals surface area (Å²) in [6.45, 7) is 6.59. The van der Waals surface area contributed by atoms with Gasteiger partial charge in [-0.1, -0.05) is 23.7 Å². The number of rotatable bonds is 7. The molecule has 1 aliphatic rings. The van der Waals surface area contributed by atoms with E-state index < -0.39 is 0 Å². The maximum atomic E-state index is 10.3. The topological polar surface area (TPSA) is 117 Å². The lowest BCUT2D eigenvalue weighted by molar-refractivity contribution is 0.122. The van der Waals surface area contributed by atoms with Crippen molar-refractivity contribution in [3.8, 4) is 11.5 Å². The minimum absolute atomic E-state index is 0.0700. The highest BCUT2D eigenvalue weighted by atomic mass is 35.5. The summed E-state index contributed by atoms with van der Waals surface area (Å²) in [5.74, 6) is 1.32. The van der Waals surface area contributed by atoms with Gasteiger partial charge in [0.05, 0.1) is 26.5 Å². The van der Waals surface area contributed by atoms with Crippen molar-refractivity contribution in [2.45, 2.75) is 13.8 Å². The lowest BCUT2D eigenvalue weighted by atomic mass is 10.1. The minimum atomic E-state index is -0.0700. The first-order valence-corrected chi connectivity index (χ1v) is 11.1. The van der Waals surface area contributed by atoms with Crippen LogP contribution in [0.4, 0.5) is 23.5 Å². The number of aryl methyl sites for hydroxylation is 2. The molecule has 2 heterocycles. The number of halogens is 1. The van der Waals surface area contributed by atoms with Crippen LogP contribution in [0.2, 0.25) is 5.02 Å². The zero-order valence-corrected chi connectivity index (χ0v) is 19.9. The zero-order valence-electron chi connectivity index (χ0n) is 19.2. The molecule has 1 saturated heterocycles. The molecule has 0 atom stereocenters. The van der Waals surface area contributed by atoms with Crippen LogP contribution >= 0.6 is 11.6 Å². The number of hydrogen-bond donors (Lipinski definition) is 3. The number of aromatic hydroxyl groups is 1. The lowest BCUT2D eigenvalue weighted by Crippen LogP contribution is -2.37. The van der Waals surface area contributed by atoms with Crippen molar-refractivity contribution in [3.63, 3.8) is 0 Å². The predicted molar refractivity (Wildman–Crippen MR) is 133 cm³/mol. The molecule has 3 aromatic rings. The standard InChI is InChI=1S/C23H26ClN7O3/c1-14-4-5-15(2)18(10-14)26-21-27-22(29-23(28-21)31-6-8-34-9-7-31)30-25-13-16-11-17(24)12-19(33-3)20(16)32/h4-5,10-13,32H,6-9H2,1-3H3,(H2,26,27,28,29,30)/b25-13+. The van der Waals surface area contributed by atoms with Gasteiger partial charge >= 0.3 is 0 Å². The quantitative estimate of drug-likeness (QED) is 0.340. The van der Waals surface area contributed by atoms with Crippen molar-refractivity contribution >= 4 is 41.3 Å². The van der Waals surface area contributed by atoms with Crippen molar-refractivity contribution in [3.05, 3.63) is 52.0 Å². The van der Waals surface area contributed by atoms with Gasteiger partial charge in [-0.05, 0) is 37.1 Å². The molecular formula is C23H26ClN7O3. The number of hydrazone groups is 1. The third-order valence-corrected chi connectivity index (χ3v) is 5.43. The molecule has 0 unspecified atom stereocenters. The van der Waals surface area contributed by atoms with Gasteiger partial charge in [-0.25, -0.2) is 5.43 Å². The molecule has 4 rings (SSSR count). The number of benzene rings is 2. The van der Waals surface area contributed by atoms with E-state index in [0.717, 1.165) is 16.8 Å². The summed E-state index contributed by atoms with van der Waals surface area (Å²) < 4.78 is 10.6. The number of ether oxygens (including phenoxy) is 2. The van der Waals surface area contributed by atoms with E-state index in [9.17, 15) is 5.11 Å². The number of methoxy groups -OCH3 is 1. The fourth-order valence-electron chi connectivity index (χ4n) is 3.37. The molecule has 3 N–H and O–H groups in total. The van der Waals surface area contributed by atoms with Crippen molar-refractivity contribution in [2.24, 2.45) is 5.10 Å². The molecule has 0 amide bonds. The van der Waals surface area contributed by atoms with Gasteiger partial charge in [0.1, 0.15) is 0 Å². The first-order chi connectivity index (χ1) is 16.4. The molecule has 1 aromatic heterocycles. The van der Waals surface area contributed by atoms with Gasteiger partial charge in [-0.15, -0.1) is 0 Å². The first-order valence-electron chi connectivity index (χ1n) is 10.7. The summed E-state index contributed by atoms with van der Waals surface area (Å²) >= 11 is 6.09. The number of nitrogens with one attached hydrogen (secondary N) is 2. The number of nitrogens with zero attached hydrogens (tertiary/aromatic N) is 5. The van der Waals surface area contributed by atoms with E-state index in [4.69, 9.17) is 21.1 Å². The molecule has 0 bridgehead atoms. The average Bonchev–Trinajstić information content (AvgIpc) is 2.84. The minimum Gasteiger partial charge on any atom is -0.504 e. The zero-order chi connectivity index (χ0) is 24.1. The first kappa shape index (κ1) is 23.5. The monoisotopic (exact) mass is 483 g/mol. The highest BCUT2D eigenvalue weighted by molar-refractivity contribution is 6.31. The summed E-state index contributed by atoms with van der Waals surface area (Å²) in [6.07, 6.45) is 1.42. The largest absolute Gasteiger partial charge is 0.504 e. The number of aromatic nitrogens is 3. The Hall–Kier alpha value is -3.63. The third-order valence-electron chi connectivity index (χ3n) is 5.21. The summed E-state index contributed by atoms with van der Waals surface area (Å²) in [5.41, 5.74) is 6.30. The van der Waals surface area contributed by atoms with Crippen LogP contribution in [-0.4, -0.2) is 59.7 Å². The van der Waals surface area contributed by atoms with Crippen LogP contribution in [0.1, 0.15) is 16.7 Å². The van der Waals surface area contributed by atoms with Crippen LogP contribution in [0.5, 0.6) is 11.5 Å². The van der Waals surface area contributed by atoms with Gasteiger partial charge < -0.3 is 24.8 Å².